The van der Waals surface area contributed by atoms with Gasteiger partial charge in [0.05, 0.1) is 16.3 Å². The van der Waals surface area contributed by atoms with Crippen molar-refractivity contribution in [2.75, 3.05) is 5.32 Å². The standard InChI is InChI=1S/C20H19N3O3S/c1-12-8-13(2)10-14(9-12)21-20(24)18-16-11-27(25,26)17-7-5-4-6-15(17)19(16)23(3)22-18/h4-10H,11H2,1-3H3,(H,21,24). The maximum Gasteiger partial charge on any atom is 0.276 e. The lowest BCUT2D eigenvalue weighted by Gasteiger charge is -2.18. The lowest BCUT2D eigenvalue weighted by Crippen LogP contribution is -2.18. The number of carbonyl (C=O) groups is 1. The number of benzene rings is 2. The summed E-state index contributed by atoms with van der Waals surface area (Å²) in [6, 6.07) is 12.6. The van der Waals surface area contributed by atoms with Crippen LogP contribution in [0.25, 0.3) is 11.3 Å². The van der Waals surface area contributed by atoms with Gasteiger partial charge in [-0.25, -0.2) is 8.42 Å². The highest BCUT2D eigenvalue weighted by atomic mass is 32.2. The van der Waals surface area contributed by atoms with E-state index in [-0.39, 0.29) is 16.3 Å². The van der Waals surface area contributed by atoms with E-state index in [1.807, 2.05) is 32.0 Å². The summed E-state index contributed by atoms with van der Waals surface area (Å²) >= 11 is 0. The van der Waals surface area contributed by atoms with Crippen LogP contribution >= 0.6 is 0 Å². The van der Waals surface area contributed by atoms with Gasteiger partial charge < -0.3 is 5.32 Å². The molecule has 0 spiro atoms. The number of anilines is 1. The summed E-state index contributed by atoms with van der Waals surface area (Å²) < 4.78 is 27.0. The lowest BCUT2D eigenvalue weighted by molar-refractivity contribution is 0.102. The summed E-state index contributed by atoms with van der Waals surface area (Å²) in [4.78, 5) is 13.1. The fraction of sp³-hybridized carbons (Fsp3) is 0.200. The molecule has 1 aliphatic rings. The first-order valence-electron chi connectivity index (χ1n) is 8.54. The van der Waals surface area contributed by atoms with Crippen LogP contribution in [0.5, 0.6) is 0 Å². The molecule has 0 atom stereocenters. The number of hydrogen-bond donors (Lipinski definition) is 1. The topological polar surface area (TPSA) is 81.1 Å². The van der Waals surface area contributed by atoms with Gasteiger partial charge in [0, 0.05) is 23.9 Å². The Morgan fingerprint density at radius 1 is 1.11 bits per heavy atom. The smallest absolute Gasteiger partial charge is 0.276 e. The van der Waals surface area contributed by atoms with Gasteiger partial charge >= 0.3 is 0 Å². The van der Waals surface area contributed by atoms with E-state index in [0.717, 1.165) is 11.1 Å². The Morgan fingerprint density at radius 2 is 1.78 bits per heavy atom. The summed E-state index contributed by atoms with van der Waals surface area (Å²) in [5, 5.41) is 7.18. The minimum atomic E-state index is -3.52. The first kappa shape index (κ1) is 17.5. The van der Waals surface area contributed by atoms with Crippen LogP contribution in [0.2, 0.25) is 0 Å². The van der Waals surface area contributed by atoms with Crippen molar-refractivity contribution in [3.63, 3.8) is 0 Å². The molecule has 0 aliphatic carbocycles. The molecule has 0 bridgehead atoms. The monoisotopic (exact) mass is 381 g/mol. The van der Waals surface area contributed by atoms with Gasteiger partial charge in [-0.1, -0.05) is 24.3 Å². The van der Waals surface area contributed by atoms with E-state index in [4.69, 9.17) is 0 Å². The number of hydrogen-bond acceptors (Lipinski definition) is 4. The van der Waals surface area contributed by atoms with Gasteiger partial charge in [0.1, 0.15) is 0 Å². The van der Waals surface area contributed by atoms with Crippen molar-refractivity contribution in [1.82, 2.24) is 9.78 Å². The summed E-state index contributed by atoms with van der Waals surface area (Å²) in [6.45, 7) is 3.91. The molecular formula is C20H19N3O3S. The fourth-order valence-electron chi connectivity index (χ4n) is 3.66. The fourth-order valence-corrected chi connectivity index (χ4v) is 5.26. The summed E-state index contributed by atoms with van der Waals surface area (Å²) in [5.74, 6) is -0.644. The zero-order chi connectivity index (χ0) is 19.3. The van der Waals surface area contributed by atoms with E-state index in [0.29, 0.717) is 22.5 Å². The normalized spacial score (nSPS) is 14.3. The average Bonchev–Trinajstić information content (AvgIpc) is 2.90. The van der Waals surface area contributed by atoms with Gasteiger partial charge in [-0.3, -0.25) is 9.48 Å². The number of carbonyl (C=O) groups excluding carboxylic acids is 1. The van der Waals surface area contributed by atoms with Gasteiger partial charge in [-0.2, -0.15) is 5.10 Å². The minimum absolute atomic E-state index is 0.143. The molecule has 7 heteroatoms. The molecule has 2 aromatic carbocycles. The van der Waals surface area contributed by atoms with Crippen LogP contribution < -0.4 is 5.32 Å². The van der Waals surface area contributed by atoms with Crippen LogP contribution in [-0.4, -0.2) is 24.1 Å². The molecule has 27 heavy (non-hydrogen) atoms. The van der Waals surface area contributed by atoms with Crippen LogP contribution in [0.3, 0.4) is 0 Å². The van der Waals surface area contributed by atoms with E-state index < -0.39 is 15.7 Å². The van der Waals surface area contributed by atoms with E-state index in [1.165, 1.54) is 0 Å². The highest BCUT2D eigenvalue weighted by Crippen LogP contribution is 2.39. The Kier molecular flexibility index (Phi) is 3.92. The second kappa shape index (κ2) is 6.06. The number of nitrogens with zero attached hydrogens (tertiary/aromatic N) is 2. The second-order valence-corrected chi connectivity index (χ2v) is 8.84. The Hall–Kier alpha value is -2.93. The summed E-state index contributed by atoms with van der Waals surface area (Å²) in [5.41, 5.74) is 4.57. The maximum atomic E-state index is 12.9. The van der Waals surface area contributed by atoms with Crippen molar-refractivity contribution >= 4 is 21.4 Å². The van der Waals surface area contributed by atoms with Gasteiger partial charge in [0.25, 0.3) is 5.91 Å². The highest BCUT2D eigenvalue weighted by Gasteiger charge is 2.34. The van der Waals surface area contributed by atoms with Crippen LogP contribution in [-0.2, 0) is 22.6 Å². The first-order valence-corrected chi connectivity index (χ1v) is 10.2. The predicted octanol–water partition coefficient (Wildman–Crippen LogP) is 3.24. The quantitative estimate of drug-likeness (QED) is 0.739. The average molecular weight is 381 g/mol. The third-order valence-corrected chi connectivity index (χ3v) is 6.35. The molecule has 1 aliphatic heterocycles. The van der Waals surface area contributed by atoms with E-state index >= 15 is 0 Å². The Labute approximate surface area is 157 Å². The van der Waals surface area contributed by atoms with E-state index in [1.54, 1.807) is 36.0 Å². The molecule has 1 aromatic heterocycles. The molecule has 0 fully saturated rings. The van der Waals surface area contributed by atoms with Gasteiger partial charge in [-0.05, 0) is 43.2 Å². The summed E-state index contributed by atoms with van der Waals surface area (Å²) in [7, 11) is -1.79. The zero-order valence-electron chi connectivity index (χ0n) is 15.3. The van der Waals surface area contributed by atoms with Gasteiger partial charge in [0.15, 0.2) is 15.5 Å². The molecule has 3 aromatic rings. The largest absolute Gasteiger partial charge is 0.321 e. The van der Waals surface area contributed by atoms with E-state index in [2.05, 4.69) is 10.4 Å². The van der Waals surface area contributed by atoms with Crippen molar-refractivity contribution in [3.05, 3.63) is 64.8 Å². The molecule has 0 unspecified atom stereocenters. The molecule has 4 rings (SSSR count). The zero-order valence-corrected chi connectivity index (χ0v) is 16.1. The third-order valence-electron chi connectivity index (χ3n) is 4.65. The second-order valence-electron chi connectivity index (χ2n) is 6.89. The van der Waals surface area contributed by atoms with Crippen molar-refractivity contribution in [2.24, 2.45) is 7.05 Å². The van der Waals surface area contributed by atoms with Crippen LogP contribution in [0.1, 0.15) is 27.2 Å². The van der Waals surface area contributed by atoms with Crippen molar-refractivity contribution in [1.29, 1.82) is 0 Å². The molecule has 0 saturated heterocycles. The number of aromatic nitrogens is 2. The third kappa shape index (κ3) is 2.94. The molecular weight excluding hydrogens is 362 g/mol. The molecule has 6 nitrogen and oxygen atoms in total. The number of rotatable bonds is 2. The summed E-state index contributed by atoms with van der Waals surface area (Å²) in [6.07, 6.45) is 0. The van der Waals surface area contributed by atoms with E-state index in [9.17, 15) is 13.2 Å². The number of aryl methyl sites for hydroxylation is 3. The number of fused-ring (bicyclic) bond motifs is 3. The van der Waals surface area contributed by atoms with Crippen LogP contribution in [0.15, 0.2) is 47.4 Å². The van der Waals surface area contributed by atoms with Gasteiger partial charge in [-0.15, -0.1) is 0 Å². The maximum absolute atomic E-state index is 12.9. The van der Waals surface area contributed by atoms with Gasteiger partial charge in [0.2, 0.25) is 0 Å². The van der Waals surface area contributed by atoms with Crippen molar-refractivity contribution in [2.45, 2.75) is 24.5 Å². The molecule has 1 amide bonds. The Bertz CT molecular complexity index is 1170. The predicted molar refractivity (Wildman–Crippen MR) is 103 cm³/mol. The SMILES string of the molecule is Cc1cc(C)cc(NC(=O)c2nn(C)c3c2CS(=O)(=O)c2ccccc2-3)c1. The molecule has 2 heterocycles. The molecule has 1 N–H and O–H groups in total. The van der Waals surface area contributed by atoms with Crippen LogP contribution in [0, 0.1) is 13.8 Å². The number of nitrogens with one attached hydrogen (secondary N) is 1. The molecule has 138 valence electrons. The Balaban J connectivity index is 1.80. The molecule has 0 saturated carbocycles. The van der Waals surface area contributed by atoms with Crippen LogP contribution in [0.4, 0.5) is 5.69 Å². The highest BCUT2D eigenvalue weighted by molar-refractivity contribution is 7.90. The number of amides is 1. The van der Waals surface area contributed by atoms with Crippen molar-refractivity contribution < 1.29 is 13.2 Å². The van der Waals surface area contributed by atoms with Crippen molar-refractivity contribution in [3.8, 4) is 11.3 Å². The first-order chi connectivity index (χ1) is 12.8. The Morgan fingerprint density at radius 3 is 2.48 bits per heavy atom. The lowest BCUT2D eigenvalue weighted by atomic mass is 10.1. The minimum Gasteiger partial charge on any atom is -0.321 e. The molecule has 0 radical (unpaired) electrons. The number of sulfone groups is 1.